The molecule has 1 spiro atoms. The Bertz CT molecular complexity index is 2450. The molecule has 8 heterocycles. The van der Waals surface area contributed by atoms with E-state index in [4.69, 9.17) is 23.7 Å². The third-order valence-corrected chi connectivity index (χ3v) is 14.6. The average Bonchev–Trinajstić information content (AvgIpc) is 3.84. The molecule has 0 amide bonds. The second-order valence-electron chi connectivity index (χ2n) is 16.0. The highest BCUT2D eigenvalue weighted by Gasteiger charge is 2.62. The number of phenolic OH excluding ortho intramolecular Hbond substituents is 1. The van der Waals surface area contributed by atoms with Gasteiger partial charge in [0.25, 0.3) is 0 Å². The minimum absolute atomic E-state index is 0.0452. The van der Waals surface area contributed by atoms with Crippen molar-refractivity contribution in [1.29, 1.82) is 5.26 Å². The Kier molecular flexibility index (Phi) is 8.31. The van der Waals surface area contributed by atoms with Gasteiger partial charge in [0.2, 0.25) is 6.79 Å². The third kappa shape index (κ3) is 4.91. The molecule has 2 saturated heterocycles. The van der Waals surface area contributed by atoms with Gasteiger partial charge in [-0.05, 0) is 56.5 Å². The number of carbonyl (C=O) groups is 2. The molecular formula is C42H43N5O9S. The zero-order valence-electron chi connectivity index (χ0n) is 32.2. The molecule has 296 valence electrons. The molecule has 14 nitrogen and oxygen atoms in total. The Morgan fingerprint density at radius 1 is 1.12 bits per heavy atom. The molecule has 4 aromatic rings. The lowest BCUT2D eigenvalue weighted by molar-refractivity contribution is -0.158. The summed E-state index contributed by atoms with van der Waals surface area (Å²) in [5.74, 6) is 0.758. The number of aromatic amines is 1. The number of ether oxygens (including phenoxy) is 5. The number of nitrogens with zero attached hydrogens (tertiary/aromatic N) is 3. The summed E-state index contributed by atoms with van der Waals surface area (Å²) in [6.45, 7) is 4.65. The van der Waals surface area contributed by atoms with Crippen LogP contribution in [0.3, 0.4) is 0 Å². The van der Waals surface area contributed by atoms with Crippen molar-refractivity contribution in [2.45, 2.75) is 80.7 Å². The van der Waals surface area contributed by atoms with Crippen molar-refractivity contribution in [2.24, 2.45) is 0 Å². The molecule has 0 radical (unpaired) electrons. The van der Waals surface area contributed by atoms with E-state index in [0.717, 1.165) is 27.6 Å². The highest BCUT2D eigenvalue weighted by Crippen LogP contribution is 2.64. The predicted octanol–water partition coefficient (Wildman–Crippen LogP) is 4.12. The van der Waals surface area contributed by atoms with E-state index in [0.29, 0.717) is 63.8 Å². The fraction of sp³-hybridized carbons (Fsp3) is 0.452. The molecule has 4 N–H and O–H groups in total. The maximum Gasteiger partial charge on any atom is 0.333 e. The number of para-hydroxylation sites is 1. The number of carbonyl (C=O) groups excluding carboxylic acids is 2. The molecule has 4 bridgehead atoms. The lowest BCUT2D eigenvalue weighted by Crippen LogP contribution is -2.69. The maximum atomic E-state index is 15.0. The SMILES string of the molecule is COc1c(C)cc2c(c1O)[C@@H]1[C@H]3[C@H]4SCC5(N[C@@H](CO)Cc6c5[nH]c5ccccc65)C(=O)OC[C@H](c5c6c(c(C)c(OC(C)=O)c54)OCO6)N3[C@@H](C#N)[C@@H](C2)N1C. The van der Waals surface area contributed by atoms with E-state index in [9.17, 15) is 20.3 Å². The molecular weight excluding hydrogens is 751 g/mol. The number of likely N-dealkylation sites (N-methyl/N-ethyl adjacent to an activating group) is 1. The van der Waals surface area contributed by atoms with Gasteiger partial charge >= 0.3 is 11.9 Å². The number of benzene rings is 3. The molecule has 57 heavy (non-hydrogen) atoms. The standard InChI is InChI=1S/C42H43N5O9S/c1-18-10-21-11-26-27(13-43)47-28-15-53-41(51)42(40-24(12-22(14-48)45-42)23-8-6-7-9-25(23)44-40)16-57-39(33(47)32(46(26)4)29(21)34(50)35(18)52-5)31-30(28)38-37(54-17-55-38)19(2)36(31)56-20(3)49/h6-10,22,26-28,32-33,39,44-45,48,50H,11-12,14-17H2,1-5H3/t22-,26-,27+,28-,32-,33+,39+,42?/m1/s1. The predicted molar refractivity (Wildman–Crippen MR) is 208 cm³/mol. The number of phenols is 1. The van der Waals surface area contributed by atoms with Gasteiger partial charge in [-0.25, -0.2) is 4.79 Å². The number of hydrogen-bond acceptors (Lipinski definition) is 14. The summed E-state index contributed by atoms with van der Waals surface area (Å²) in [6, 6.07) is 9.36. The van der Waals surface area contributed by atoms with Crippen LogP contribution >= 0.6 is 11.8 Å². The van der Waals surface area contributed by atoms with E-state index in [2.05, 4.69) is 26.2 Å². The van der Waals surface area contributed by atoms with E-state index >= 15 is 4.79 Å². The fourth-order valence-corrected chi connectivity index (χ4v) is 12.5. The highest BCUT2D eigenvalue weighted by molar-refractivity contribution is 7.99. The van der Waals surface area contributed by atoms with E-state index in [1.165, 1.54) is 18.7 Å². The molecule has 7 aliphatic rings. The number of rotatable bonds is 3. The molecule has 15 heteroatoms. The van der Waals surface area contributed by atoms with Crippen LogP contribution in [0.5, 0.6) is 28.7 Å². The van der Waals surface area contributed by atoms with E-state index in [1.807, 2.05) is 51.2 Å². The van der Waals surface area contributed by atoms with Gasteiger partial charge in [0.15, 0.2) is 28.5 Å². The average molecular weight is 794 g/mol. The Morgan fingerprint density at radius 3 is 2.67 bits per heavy atom. The molecule has 0 saturated carbocycles. The van der Waals surface area contributed by atoms with Crippen LogP contribution in [0.2, 0.25) is 0 Å². The first-order valence-corrected chi connectivity index (χ1v) is 20.3. The van der Waals surface area contributed by atoms with Gasteiger partial charge in [0.05, 0.1) is 42.8 Å². The molecule has 11 rings (SSSR count). The second-order valence-corrected chi connectivity index (χ2v) is 17.1. The number of methoxy groups -OCH3 is 1. The lowest BCUT2D eigenvalue weighted by Gasteiger charge is -2.62. The third-order valence-electron chi connectivity index (χ3n) is 13.1. The van der Waals surface area contributed by atoms with Crippen LogP contribution in [-0.4, -0.2) is 101 Å². The number of aromatic nitrogens is 1. The number of fused-ring (bicyclic) bond motifs is 11. The van der Waals surface area contributed by atoms with Gasteiger partial charge in [0.1, 0.15) is 18.4 Å². The first kappa shape index (κ1) is 36.4. The van der Waals surface area contributed by atoms with E-state index in [1.54, 1.807) is 7.11 Å². The van der Waals surface area contributed by atoms with Gasteiger partial charge in [0, 0.05) is 64.0 Å². The highest BCUT2D eigenvalue weighted by atomic mass is 32.2. The van der Waals surface area contributed by atoms with Gasteiger partial charge in [-0.1, -0.05) is 24.3 Å². The van der Waals surface area contributed by atoms with Crippen LogP contribution in [0.4, 0.5) is 0 Å². The largest absolute Gasteiger partial charge is 0.504 e. The smallest absolute Gasteiger partial charge is 0.333 e. The van der Waals surface area contributed by atoms with Crippen LogP contribution in [0.25, 0.3) is 10.9 Å². The first-order valence-electron chi connectivity index (χ1n) is 19.2. The summed E-state index contributed by atoms with van der Waals surface area (Å²) in [4.78, 5) is 35.9. The Hall–Kier alpha value is -4.98. The monoisotopic (exact) mass is 793 g/mol. The number of aliphatic hydroxyl groups is 1. The van der Waals surface area contributed by atoms with Crippen molar-refractivity contribution in [1.82, 2.24) is 20.1 Å². The number of aryl methyl sites for hydroxylation is 1. The maximum absolute atomic E-state index is 15.0. The van der Waals surface area contributed by atoms with Crippen molar-refractivity contribution in [3.05, 3.63) is 75.0 Å². The Labute approximate surface area is 332 Å². The van der Waals surface area contributed by atoms with Gasteiger partial charge in [-0.2, -0.15) is 5.26 Å². The number of H-pyrrole nitrogens is 1. The van der Waals surface area contributed by atoms with Crippen LogP contribution in [-0.2, 0) is 32.7 Å². The second kappa shape index (κ2) is 13.0. The van der Waals surface area contributed by atoms with Gasteiger partial charge in [-0.15, -0.1) is 11.8 Å². The number of hydrogen-bond donors (Lipinski definition) is 4. The zero-order valence-corrected chi connectivity index (χ0v) is 33.0. The van der Waals surface area contributed by atoms with E-state index < -0.39 is 52.9 Å². The number of aromatic hydroxyl groups is 1. The summed E-state index contributed by atoms with van der Waals surface area (Å²) in [5, 5.41) is 37.9. The van der Waals surface area contributed by atoms with Crippen molar-refractivity contribution < 1.29 is 43.5 Å². The number of nitriles is 1. The van der Waals surface area contributed by atoms with Crippen molar-refractivity contribution in [3.8, 4) is 34.8 Å². The molecule has 3 aromatic carbocycles. The van der Waals surface area contributed by atoms with Gasteiger partial charge in [-0.3, -0.25) is 19.9 Å². The number of piperazine rings is 1. The fourth-order valence-electron chi connectivity index (χ4n) is 10.9. The summed E-state index contributed by atoms with van der Waals surface area (Å²) < 4.78 is 30.8. The molecule has 7 aliphatic heterocycles. The topological polar surface area (TPSA) is 179 Å². The lowest BCUT2D eigenvalue weighted by atomic mass is 9.71. The Morgan fingerprint density at radius 2 is 1.91 bits per heavy atom. The minimum Gasteiger partial charge on any atom is -0.504 e. The summed E-state index contributed by atoms with van der Waals surface area (Å²) >= 11 is 1.49. The summed E-state index contributed by atoms with van der Waals surface area (Å²) in [6.07, 6.45) is 0.984. The molecule has 8 atom stereocenters. The number of thioether (sulfide) groups is 1. The number of aliphatic hydroxyl groups excluding tert-OH is 1. The molecule has 1 unspecified atom stereocenters. The Balaban J connectivity index is 1.26. The van der Waals surface area contributed by atoms with Crippen LogP contribution in [0.1, 0.15) is 68.9 Å². The normalized spacial score (nSPS) is 29.8. The first-order chi connectivity index (χ1) is 27.5. The van der Waals surface area contributed by atoms with E-state index in [-0.39, 0.29) is 37.6 Å². The van der Waals surface area contributed by atoms with Gasteiger partial charge < -0.3 is 38.9 Å². The van der Waals surface area contributed by atoms with Crippen molar-refractivity contribution in [2.75, 3.05) is 39.9 Å². The van der Waals surface area contributed by atoms with Crippen LogP contribution in [0.15, 0.2) is 30.3 Å². The van der Waals surface area contributed by atoms with Crippen LogP contribution in [0, 0.1) is 25.2 Å². The summed E-state index contributed by atoms with van der Waals surface area (Å²) in [7, 11) is 3.54. The van der Waals surface area contributed by atoms with Crippen molar-refractivity contribution in [3.63, 3.8) is 0 Å². The quantitative estimate of drug-likeness (QED) is 0.172. The number of esters is 2. The zero-order chi connectivity index (χ0) is 39.7. The molecule has 1 aromatic heterocycles. The summed E-state index contributed by atoms with van der Waals surface area (Å²) in [5.41, 5.74) is 5.42. The number of nitrogens with one attached hydrogen (secondary N) is 2. The van der Waals surface area contributed by atoms with Crippen molar-refractivity contribution >= 4 is 34.6 Å². The minimum atomic E-state index is -1.43. The molecule has 0 aliphatic carbocycles. The molecule has 2 fully saturated rings. The van der Waals surface area contributed by atoms with Crippen LogP contribution < -0.4 is 24.3 Å².